The molecule has 9 heteroatoms. The van der Waals surface area contributed by atoms with Gasteiger partial charge in [-0.1, -0.05) is 11.3 Å². The van der Waals surface area contributed by atoms with Crippen LogP contribution < -0.4 is 5.73 Å². The maximum atomic E-state index is 14.4. The molecule has 0 fully saturated rings. The number of pyridine rings is 1. The van der Waals surface area contributed by atoms with Gasteiger partial charge in [0.15, 0.2) is 10.8 Å². The number of fused-ring (bicyclic) bond motifs is 1. The molecule has 0 atom stereocenters. The first-order valence-corrected chi connectivity index (χ1v) is 8.30. The molecule has 0 aliphatic heterocycles. The van der Waals surface area contributed by atoms with Crippen LogP contribution in [0.2, 0.25) is 0 Å². The van der Waals surface area contributed by atoms with Gasteiger partial charge in [0.25, 0.3) is 0 Å². The number of nitrogens with two attached hydrogens (primary N) is 1. The number of nitriles is 1. The molecule has 0 radical (unpaired) electrons. The zero-order valence-corrected chi connectivity index (χ0v) is 14.2. The smallest absolute Gasteiger partial charge is 0.182 e. The lowest BCUT2D eigenvalue weighted by Crippen LogP contribution is -1.97. The van der Waals surface area contributed by atoms with Crippen molar-refractivity contribution < 1.29 is 9.50 Å². The minimum atomic E-state index is -0.685. The molecular formula is C17H11FN6OS. The van der Waals surface area contributed by atoms with Crippen molar-refractivity contribution >= 4 is 27.5 Å². The van der Waals surface area contributed by atoms with Gasteiger partial charge in [0.2, 0.25) is 0 Å². The van der Waals surface area contributed by atoms with E-state index < -0.39 is 5.82 Å². The number of H-pyrrole nitrogens is 1. The van der Waals surface area contributed by atoms with Crippen LogP contribution in [0, 0.1) is 24.1 Å². The van der Waals surface area contributed by atoms with E-state index in [0.29, 0.717) is 26.6 Å². The van der Waals surface area contributed by atoms with Gasteiger partial charge in [-0.15, -0.1) is 0 Å². The summed E-state index contributed by atoms with van der Waals surface area (Å²) in [5.41, 5.74) is 7.82. The van der Waals surface area contributed by atoms with Crippen molar-refractivity contribution in [2.24, 2.45) is 0 Å². The van der Waals surface area contributed by atoms with Crippen LogP contribution in [-0.2, 0) is 0 Å². The second kappa shape index (κ2) is 5.79. The summed E-state index contributed by atoms with van der Waals surface area (Å²) >= 11 is 1.22. The second-order valence-electron chi connectivity index (χ2n) is 5.60. The molecule has 3 aromatic heterocycles. The van der Waals surface area contributed by atoms with Crippen LogP contribution in [0.5, 0.6) is 5.75 Å². The fourth-order valence-corrected chi connectivity index (χ4v) is 3.59. The lowest BCUT2D eigenvalue weighted by atomic mass is 9.97. The van der Waals surface area contributed by atoms with Crippen molar-refractivity contribution in [2.45, 2.75) is 6.92 Å². The second-order valence-corrected chi connectivity index (χ2v) is 6.66. The van der Waals surface area contributed by atoms with Gasteiger partial charge in [0.05, 0.1) is 21.5 Å². The van der Waals surface area contributed by atoms with Crippen molar-refractivity contribution in [3.05, 3.63) is 41.5 Å². The van der Waals surface area contributed by atoms with Crippen LogP contribution in [0.15, 0.2) is 24.4 Å². The Labute approximate surface area is 150 Å². The lowest BCUT2D eigenvalue weighted by molar-refractivity contribution is 0.469. The van der Waals surface area contributed by atoms with Crippen molar-refractivity contribution in [3.63, 3.8) is 0 Å². The first kappa shape index (κ1) is 16.0. The summed E-state index contributed by atoms with van der Waals surface area (Å²) in [7, 11) is 0. The predicted octanol–water partition coefficient (Wildman–Crippen LogP) is 3.36. The molecule has 4 rings (SSSR count). The Morgan fingerprint density at radius 2 is 2.19 bits per heavy atom. The molecule has 0 amide bonds. The van der Waals surface area contributed by atoms with E-state index in [4.69, 9.17) is 5.73 Å². The topological polar surface area (TPSA) is 124 Å². The Hall–Kier alpha value is -3.51. The summed E-state index contributed by atoms with van der Waals surface area (Å²) in [5, 5.41) is 27.3. The standard InChI is InChI=1S/C17H11FN6OS/c1-7-13-14(12-6-21-17(20)26-12)10(5-19)15(22-16(13)24-23-7)9-3-2-8(25)4-11(9)18/h2-4,6,25H,1H3,(H2,20,21)(H,22,23,24). The van der Waals surface area contributed by atoms with Crippen LogP contribution in [0.3, 0.4) is 0 Å². The van der Waals surface area contributed by atoms with Crippen molar-refractivity contribution in [1.82, 2.24) is 20.2 Å². The van der Waals surface area contributed by atoms with Crippen molar-refractivity contribution in [1.29, 1.82) is 5.26 Å². The molecule has 0 aliphatic carbocycles. The lowest BCUT2D eigenvalue weighted by Gasteiger charge is -2.10. The van der Waals surface area contributed by atoms with Gasteiger partial charge in [-0.3, -0.25) is 5.10 Å². The van der Waals surface area contributed by atoms with Gasteiger partial charge >= 0.3 is 0 Å². The van der Waals surface area contributed by atoms with E-state index >= 15 is 0 Å². The summed E-state index contributed by atoms with van der Waals surface area (Å²) in [4.78, 5) is 9.10. The van der Waals surface area contributed by atoms with Gasteiger partial charge in [-0.05, 0) is 19.1 Å². The highest BCUT2D eigenvalue weighted by atomic mass is 32.1. The Morgan fingerprint density at radius 3 is 2.85 bits per heavy atom. The molecule has 3 heterocycles. The Morgan fingerprint density at radius 1 is 1.38 bits per heavy atom. The number of nitrogens with zero attached hydrogens (tertiary/aromatic N) is 4. The molecule has 0 unspecified atom stereocenters. The fraction of sp³-hybridized carbons (Fsp3) is 0.0588. The number of phenolic OH excluding ortho intramolecular Hbond substituents is 1. The van der Waals surface area contributed by atoms with Crippen LogP contribution >= 0.6 is 11.3 Å². The molecular weight excluding hydrogens is 355 g/mol. The first-order valence-electron chi connectivity index (χ1n) is 7.49. The molecule has 0 bridgehead atoms. The van der Waals surface area contributed by atoms with E-state index in [9.17, 15) is 14.8 Å². The fourth-order valence-electron chi connectivity index (χ4n) is 2.85. The van der Waals surface area contributed by atoms with E-state index in [0.717, 1.165) is 11.8 Å². The molecule has 0 spiro atoms. The largest absolute Gasteiger partial charge is 0.508 e. The van der Waals surface area contributed by atoms with Crippen LogP contribution in [0.25, 0.3) is 32.7 Å². The van der Waals surface area contributed by atoms with E-state index in [1.807, 2.05) is 6.92 Å². The normalized spacial score (nSPS) is 11.0. The zero-order valence-electron chi connectivity index (χ0n) is 13.4. The summed E-state index contributed by atoms with van der Waals surface area (Å²) < 4.78 is 14.4. The molecule has 4 N–H and O–H groups in total. The number of hydrogen-bond acceptors (Lipinski definition) is 7. The number of aromatic amines is 1. The number of phenols is 1. The number of hydrogen-bond donors (Lipinski definition) is 3. The summed E-state index contributed by atoms with van der Waals surface area (Å²) in [6.45, 7) is 1.81. The number of aryl methyl sites for hydroxylation is 1. The third-order valence-corrected chi connectivity index (χ3v) is 4.82. The Balaban J connectivity index is 2.15. The van der Waals surface area contributed by atoms with Crippen molar-refractivity contribution in [3.8, 4) is 33.5 Å². The number of nitrogen functional groups attached to an aromatic ring is 1. The van der Waals surface area contributed by atoms with Crippen molar-refractivity contribution in [2.75, 3.05) is 5.73 Å². The maximum absolute atomic E-state index is 14.4. The van der Waals surface area contributed by atoms with Gasteiger partial charge in [0, 0.05) is 29.1 Å². The monoisotopic (exact) mass is 366 g/mol. The van der Waals surface area contributed by atoms with Gasteiger partial charge in [0.1, 0.15) is 17.6 Å². The number of halogens is 1. The van der Waals surface area contributed by atoms with E-state index in [2.05, 4.69) is 26.2 Å². The van der Waals surface area contributed by atoms with Crippen LogP contribution in [0.4, 0.5) is 9.52 Å². The molecule has 0 saturated heterocycles. The minimum Gasteiger partial charge on any atom is -0.508 e. The summed E-state index contributed by atoms with van der Waals surface area (Å²) in [6.07, 6.45) is 1.57. The van der Waals surface area contributed by atoms with Gasteiger partial charge < -0.3 is 10.8 Å². The van der Waals surface area contributed by atoms with Crippen LogP contribution in [0.1, 0.15) is 11.3 Å². The molecule has 26 heavy (non-hydrogen) atoms. The highest BCUT2D eigenvalue weighted by Crippen LogP contribution is 2.40. The molecule has 0 saturated carbocycles. The number of rotatable bonds is 2. The third-order valence-electron chi connectivity index (χ3n) is 3.97. The average Bonchev–Trinajstić information content (AvgIpc) is 3.19. The molecule has 128 valence electrons. The number of anilines is 1. The molecule has 0 aliphatic rings. The molecule has 1 aromatic carbocycles. The number of benzene rings is 1. The van der Waals surface area contributed by atoms with E-state index in [1.165, 1.54) is 23.5 Å². The number of aromatic hydroxyl groups is 1. The average molecular weight is 366 g/mol. The predicted molar refractivity (Wildman–Crippen MR) is 95.9 cm³/mol. The minimum absolute atomic E-state index is 0.0978. The number of nitrogens with one attached hydrogen (secondary N) is 1. The maximum Gasteiger partial charge on any atom is 0.182 e. The highest BCUT2D eigenvalue weighted by Gasteiger charge is 2.23. The summed E-state index contributed by atoms with van der Waals surface area (Å²) in [6, 6.07) is 5.82. The zero-order chi connectivity index (χ0) is 18.4. The number of thiazole rings is 1. The highest BCUT2D eigenvalue weighted by molar-refractivity contribution is 7.18. The third kappa shape index (κ3) is 2.35. The summed E-state index contributed by atoms with van der Waals surface area (Å²) in [5.74, 6) is -0.896. The molecule has 4 aromatic rings. The number of aromatic nitrogens is 4. The van der Waals surface area contributed by atoms with Crippen LogP contribution in [-0.4, -0.2) is 25.3 Å². The Bertz CT molecular complexity index is 1210. The first-order chi connectivity index (χ1) is 12.5. The van der Waals surface area contributed by atoms with Gasteiger partial charge in [-0.25, -0.2) is 14.4 Å². The van der Waals surface area contributed by atoms with E-state index in [-0.39, 0.29) is 22.6 Å². The molecule has 7 nitrogen and oxygen atoms in total. The SMILES string of the molecule is Cc1[nH]nc2nc(-c3ccc(O)cc3F)c(C#N)c(-c3cnc(N)s3)c12. The Kier molecular flexibility index (Phi) is 3.56. The quantitative estimate of drug-likeness (QED) is 0.500. The van der Waals surface area contributed by atoms with Gasteiger partial charge in [-0.2, -0.15) is 10.4 Å². The van der Waals surface area contributed by atoms with E-state index in [1.54, 1.807) is 6.20 Å².